The number of aromatic nitrogens is 1. The van der Waals surface area contributed by atoms with Crippen molar-refractivity contribution >= 4 is 22.9 Å². The molecule has 19 heavy (non-hydrogen) atoms. The number of nitrogen functional groups attached to an aromatic ring is 1. The van der Waals surface area contributed by atoms with Crippen molar-refractivity contribution in [3.63, 3.8) is 0 Å². The molecule has 0 saturated heterocycles. The lowest BCUT2D eigenvalue weighted by Gasteiger charge is -2.11. The van der Waals surface area contributed by atoms with Crippen LogP contribution in [0.2, 0.25) is 0 Å². The molecule has 1 unspecified atom stereocenters. The summed E-state index contributed by atoms with van der Waals surface area (Å²) in [5.41, 5.74) is 7.28. The number of thiazole rings is 1. The highest BCUT2D eigenvalue weighted by Crippen LogP contribution is 2.19. The average Bonchev–Trinajstić information content (AvgIpc) is 2.75. The van der Waals surface area contributed by atoms with E-state index in [2.05, 4.69) is 10.3 Å². The molecular weight excluding hydrogens is 258 g/mol. The van der Waals surface area contributed by atoms with Crippen LogP contribution in [0, 0.1) is 6.92 Å². The van der Waals surface area contributed by atoms with Gasteiger partial charge >= 0.3 is 0 Å². The molecule has 0 saturated carbocycles. The Labute approximate surface area is 116 Å². The predicted molar refractivity (Wildman–Crippen MR) is 78.0 cm³/mol. The van der Waals surface area contributed by atoms with Crippen LogP contribution in [0.25, 0.3) is 0 Å². The SMILES string of the molecule is Cc1cnc(C(C)NC(=O)Cc2cccc(N)c2)s1. The summed E-state index contributed by atoms with van der Waals surface area (Å²) in [6, 6.07) is 7.31. The molecule has 4 nitrogen and oxygen atoms in total. The van der Waals surface area contributed by atoms with Gasteiger partial charge in [0.2, 0.25) is 5.91 Å². The van der Waals surface area contributed by atoms with E-state index in [9.17, 15) is 4.79 Å². The zero-order valence-corrected chi connectivity index (χ0v) is 11.8. The molecule has 0 bridgehead atoms. The summed E-state index contributed by atoms with van der Waals surface area (Å²) < 4.78 is 0. The van der Waals surface area contributed by atoms with E-state index in [-0.39, 0.29) is 11.9 Å². The van der Waals surface area contributed by atoms with Crippen LogP contribution in [0.3, 0.4) is 0 Å². The third-order valence-corrected chi connectivity index (χ3v) is 3.80. The number of aryl methyl sites for hydroxylation is 1. The molecule has 0 aliphatic heterocycles. The number of hydrogen-bond acceptors (Lipinski definition) is 4. The number of nitrogens with one attached hydrogen (secondary N) is 1. The van der Waals surface area contributed by atoms with Gasteiger partial charge in [0.1, 0.15) is 5.01 Å². The second-order valence-corrected chi connectivity index (χ2v) is 5.79. The lowest BCUT2D eigenvalue weighted by Crippen LogP contribution is -2.28. The first-order valence-corrected chi connectivity index (χ1v) is 6.92. The van der Waals surface area contributed by atoms with E-state index in [0.29, 0.717) is 12.1 Å². The number of carbonyl (C=O) groups excluding carboxylic acids is 1. The van der Waals surface area contributed by atoms with Gasteiger partial charge in [0.25, 0.3) is 0 Å². The number of anilines is 1. The van der Waals surface area contributed by atoms with Crippen LogP contribution < -0.4 is 11.1 Å². The number of amides is 1. The van der Waals surface area contributed by atoms with Gasteiger partial charge in [-0.25, -0.2) is 4.98 Å². The van der Waals surface area contributed by atoms with Crippen LogP contribution in [0.5, 0.6) is 0 Å². The van der Waals surface area contributed by atoms with Crippen molar-refractivity contribution < 1.29 is 4.79 Å². The molecule has 5 heteroatoms. The Morgan fingerprint density at radius 3 is 2.95 bits per heavy atom. The Morgan fingerprint density at radius 2 is 2.32 bits per heavy atom. The van der Waals surface area contributed by atoms with E-state index in [0.717, 1.165) is 15.4 Å². The third kappa shape index (κ3) is 3.79. The van der Waals surface area contributed by atoms with Gasteiger partial charge in [0.15, 0.2) is 0 Å². The molecule has 1 aromatic carbocycles. The molecule has 0 fully saturated rings. The van der Waals surface area contributed by atoms with Crippen molar-refractivity contribution in [1.82, 2.24) is 10.3 Å². The highest BCUT2D eigenvalue weighted by molar-refractivity contribution is 7.11. The molecule has 1 aromatic heterocycles. The smallest absolute Gasteiger partial charge is 0.224 e. The minimum atomic E-state index is -0.0627. The number of nitrogens with two attached hydrogens (primary N) is 1. The Morgan fingerprint density at radius 1 is 1.53 bits per heavy atom. The van der Waals surface area contributed by atoms with Gasteiger partial charge in [-0.05, 0) is 31.5 Å². The highest BCUT2D eigenvalue weighted by Gasteiger charge is 2.12. The van der Waals surface area contributed by atoms with E-state index >= 15 is 0 Å². The van der Waals surface area contributed by atoms with E-state index < -0.39 is 0 Å². The first-order chi connectivity index (χ1) is 9.04. The molecule has 0 spiro atoms. The van der Waals surface area contributed by atoms with Gasteiger partial charge in [-0.15, -0.1) is 11.3 Å². The maximum atomic E-state index is 11.9. The summed E-state index contributed by atoms with van der Waals surface area (Å²) in [5.74, 6) is -0.0223. The van der Waals surface area contributed by atoms with Gasteiger partial charge in [0, 0.05) is 16.8 Å². The number of carbonyl (C=O) groups is 1. The maximum absolute atomic E-state index is 11.9. The third-order valence-electron chi connectivity index (χ3n) is 2.70. The van der Waals surface area contributed by atoms with Crippen LogP contribution in [0.4, 0.5) is 5.69 Å². The molecule has 100 valence electrons. The molecule has 0 aliphatic carbocycles. The van der Waals surface area contributed by atoms with E-state index in [1.165, 1.54) is 0 Å². The number of rotatable bonds is 4. The van der Waals surface area contributed by atoms with Crippen molar-refractivity contribution in [2.45, 2.75) is 26.3 Å². The standard InChI is InChI=1S/C14H17N3OS/c1-9-8-16-14(19-9)10(2)17-13(18)7-11-4-3-5-12(15)6-11/h3-6,8,10H,7,15H2,1-2H3,(H,17,18). The molecule has 0 aliphatic rings. The molecule has 1 atom stereocenters. The molecule has 2 rings (SSSR count). The molecule has 1 heterocycles. The second-order valence-electron chi connectivity index (χ2n) is 4.52. The summed E-state index contributed by atoms with van der Waals surface area (Å²) in [6.45, 7) is 3.94. The van der Waals surface area contributed by atoms with Crippen molar-refractivity contribution in [2.24, 2.45) is 0 Å². The largest absolute Gasteiger partial charge is 0.399 e. The zero-order valence-electron chi connectivity index (χ0n) is 11.0. The summed E-state index contributed by atoms with van der Waals surface area (Å²) in [4.78, 5) is 17.4. The van der Waals surface area contributed by atoms with Gasteiger partial charge in [-0.3, -0.25) is 4.79 Å². The second kappa shape index (κ2) is 5.84. The lowest BCUT2D eigenvalue weighted by atomic mass is 10.1. The Kier molecular flexibility index (Phi) is 4.16. The zero-order chi connectivity index (χ0) is 13.8. The van der Waals surface area contributed by atoms with Crippen LogP contribution >= 0.6 is 11.3 Å². The predicted octanol–water partition coefficient (Wildman–Crippen LogP) is 2.45. The lowest BCUT2D eigenvalue weighted by molar-refractivity contribution is -0.121. The fourth-order valence-electron chi connectivity index (χ4n) is 1.82. The molecular formula is C14H17N3OS. The molecule has 1 amide bonds. The fourth-order valence-corrected chi connectivity index (χ4v) is 2.59. The van der Waals surface area contributed by atoms with Gasteiger partial charge in [-0.1, -0.05) is 12.1 Å². The van der Waals surface area contributed by atoms with E-state index in [1.807, 2.05) is 44.3 Å². The van der Waals surface area contributed by atoms with Crippen molar-refractivity contribution in [3.05, 3.63) is 45.9 Å². The minimum absolute atomic E-state index is 0.0223. The average molecular weight is 275 g/mol. The summed E-state index contributed by atoms with van der Waals surface area (Å²) >= 11 is 1.60. The van der Waals surface area contributed by atoms with Crippen LogP contribution in [0.1, 0.15) is 28.4 Å². The molecule has 3 N–H and O–H groups in total. The van der Waals surface area contributed by atoms with Crippen LogP contribution in [0.15, 0.2) is 30.5 Å². The number of nitrogens with zero attached hydrogens (tertiary/aromatic N) is 1. The maximum Gasteiger partial charge on any atom is 0.224 e. The quantitative estimate of drug-likeness (QED) is 0.842. The number of benzene rings is 1. The molecule has 2 aromatic rings. The monoisotopic (exact) mass is 275 g/mol. The van der Waals surface area contributed by atoms with Crippen molar-refractivity contribution in [1.29, 1.82) is 0 Å². The molecule has 0 radical (unpaired) electrons. The van der Waals surface area contributed by atoms with Crippen molar-refractivity contribution in [2.75, 3.05) is 5.73 Å². The topological polar surface area (TPSA) is 68.0 Å². The minimum Gasteiger partial charge on any atom is -0.399 e. The van der Waals surface area contributed by atoms with E-state index in [1.54, 1.807) is 11.3 Å². The highest BCUT2D eigenvalue weighted by atomic mass is 32.1. The summed E-state index contributed by atoms with van der Waals surface area (Å²) in [6.07, 6.45) is 2.15. The van der Waals surface area contributed by atoms with Gasteiger partial charge in [-0.2, -0.15) is 0 Å². The van der Waals surface area contributed by atoms with E-state index in [4.69, 9.17) is 5.73 Å². The summed E-state index contributed by atoms with van der Waals surface area (Å²) in [7, 11) is 0. The fraction of sp³-hybridized carbons (Fsp3) is 0.286. The van der Waals surface area contributed by atoms with Crippen molar-refractivity contribution in [3.8, 4) is 0 Å². The first-order valence-electron chi connectivity index (χ1n) is 6.10. The Balaban J connectivity index is 1.94. The Hall–Kier alpha value is -1.88. The van der Waals surface area contributed by atoms with Crippen LogP contribution in [-0.2, 0) is 11.2 Å². The van der Waals surface area contributed by atoms with Gasteiger partial charge < -0.3 is 11.1 Å². The van der Waals surface area contributed by atoms with Gasteiger partial charge in [0.05, 0.1) is 12.5 Å². The first kappa shape index (κ1) is 13.5. The number of hydrogen-bond donors (Lipinski definition) is 2. The normalized spacial score (nSPS) is 12.1. The van der Waals surface area contributed by atoms with Crippen LogP contribution in [-0.4, -0.2) is 10.9 Å². The summed E-state index contributed by atoms with van der Waals surface area (Å²) in [5, 5.41) is 3.87. The Bertz CT molecular complexity index is 580.